The Labute approximate surface area is 164 Å². The zero-order valence-electron chi connectivity index (χ0n) is 15.3. The Hall–Kier alpha value is -2.11. The van der Waals surface area contributed by atoms with Crippen molar-refractivity contribution in [3.05, 3.63) is 58.1 Å². The van der Waals surface area contributed by atoms with Gasteiger partial charge >= 0.3 is 0 Å². The summed E-state index contributed by atoms with van der Waals surface area (Å²) < 4.78 is 0. The van der Waals surface area contributed by atoms with Crippen LogP contribution < -0.4 is 10.6 Å². The highest BCUT2D eigenvalue weighted by atomic mass is 35.5. The molecule has 0 unspecified atom stereocenters. The van der Waals surface area contributed by atoms with Crippen LogP contribution in [0.15, 0.2) is 36.4 Å². The van der Waals surface area contributed by atoms with Gasteiger partial charge in [0.1, 0.15) is 0 Å². The molecule has 6 heteroatoms. The molecule has 0 radical (unpaired) electrons. The van der Waals surface area contributed by atoms with E-state index in [2.05, 4.69) is 17.6 Å². The van der Waals surface area contributed by atoms with Gasteiger partial charge in [0.15, 0.2) is 10.9 Å². The molecule has 0 aliphatic heterocycles. The minimum Gasteiger partial charge on any atom is -0.504 e. The third-order valence-corrected chi connectivity index (χ3v) is 4.52. The molecule has 2 rings (SSSR count). The molecule has 0 atom stereocenters. The van der Waals surface area contributed by atoms with Gasteiger partial charge in [-0.05, 0) is 59.4 Å². The molecule has 138 valence electrons. The molecule has 26 heavy (non-hydrogen) atoms. The number of nitrogens with one attached hydrogen (secondary N) is 2. The lowest BCUT2D eigenvalue weighted by atomic mass is 9.87. The zero-order valence-corrected chi connectivity index (χ0v) is 16.9. The number of rotatable bonds is 3. The number of phenolic OH excluding ortho intramolecular Hbond substituents is 1. The van der Waals surface area contributed by atoms with Crippen molar-refractivity contribution in [3.63, 3.8) is 0 Å². The molecule has 0 fully saturated rings. The molecule has 0 aromatic heterocycles. The smallest absolute Gasteiger partial charge is 0.257 e. The van der Waals surface area contributed by atoms with E-state index in [1.54, 1.807) is 24.3 Å². The number of halogens is 1. The number of aromatic hydroxyl groups is 1. The average Bonchev–Trinajstić information content (AvgIpc) is 2.57. The summed E-state index contributed by atoms with van der Waals surface area (Å²) in [6.45, 7) is 8.18. The van der Waals surface area contributed by atoms with Gasteiger partial charge in [-0.25, -0.2) is 0 Å². The lowest BCUT2D eigenvalue weighted by molar-refractivity contribution is 0.0977. The first-order chi connectivity index (χ1) is 12.1. The van der Waals surface area contributed by atoms with E-state index < -0.39 is 0 Å². The van der Waals surface area contributed by atoms with Gasteiger partial charge in [-0.2, -0.15) is 0 Å². The summed E-state index contributed by atoms with van der Waals surface area (Å²) in [5.74, 6) is -0.425. The molecule has 3 N–H and O–H groups in total. The van der Waals surface area contributed by atoms with Gasteiger partial charge in [0.25, 0.3) is 5.91 Å². The largest absolute Gasteiger partial charge is 0.504 e. The van der Waals surface area contributed by atoms with Crippen molar-refractivity contribution >= 4 is 40.5 Å². The second kappa shape index (κ2) is 8.06. The molecular weight excluding hydrogens is 368 g/mol. The minimum absolute atomic E-state index is 0.0898. The second-order valence-electron chi connectivity index (χ2n) is 7.06. The molecule has 0 aliphatic carbocycles. The molecule has 0 spiro atoms. The number of amides is 1. The molecule has 0 saturated heterocycles. The van der Waals surface area contributed by atoms with Crippen molar-refractivity contribution in [1.82, 2.24) is 5.32 Å². The van der Waals surface area contributed by atoms with E-state index in [9.17, 15) is 9.90 Å². The molecule has 0 saturated carbocycles. The quantitative estimate of drug-likeness (QED) is 0.508. The van der Waals surface area contributed by atoms with Crippen LogP contribution in [-0.4, -0.2) is 16.1 Å². The highest BCUT2D eigenvalue weighted by molar-refractivity contribution is 7.80. The molecular formula is C20H23ClN2O2S. The summed E-state index contributed by atoms with van der Waals surface area (Å²) in [4.78, 5) is 12.3. The predicted octanol–water partition coefficient (Wildman–Crippen LogP) is 5.03. The van der Waals surface area contributed by atoms with Crippen molar-refractivity contribution in [2.24, 2.45) is 0 Å². The third-order valence-electron chi connectivity index (χ3n) is 4.03. The van der Waals surface area contributed by atoms with E-state index in [0.717, 1.165) is 17.5 Å². The Bertz CT molecular complexity index is 827. The number of carbonyl (C=O) groups excluding carboxylic acids is 1. The van der Waals surface area contributed by atoms with E-state index in [4.69, 9.17) is 23.8 Å². The molecule has 2 aromatic carbocycles. The lowest BCUT2D eigenvalue weighted by Gasteiger charge is -2.21. The topological polar surface area (TPSA) is 61.4 Å². The summed E-state index contributed by atoms with van der Waals surface area (Å²) in [6.07, 6.45) is 0.909. The van der Waals surface area contributed by atoms with E-state index >= 15 is 0 Å². The maximum absolute atomic E-state index is 12.3. The summed E-state index contributed by atoms with van der Waals surface area (Å²) in [5.41, 5.74) is 2.80. The first kappa shape index (κ1) is 20.2. The molecule has 0 bridgehead atoms. The normalized spacial score (nSPS) is 11.1. The first-order valence-electron chi connectivity index (χ1n) is 8.36. The number of hydrogen-bond donors (Lipinski definition) is 3. The van der Waals surface area contributed by atoms with E-state index in [1.165, 1.54) is 0 Å². The average molecular weight is 391 g/mol. The Morgan fingerprint density at radius 1 is 1.19 bits per heavy atom. The minimum atomic E-state index is -0.317. The van der Waals surface area contributed by atoms with Crippen LogP contribution in [0.5, 0.6) is 5.75 Å². The third kappa shape index (κ3) is 4.96. The molecule has 2 aromatic rings. The van der Waals surface area contributed by atoms with Gasteiger partial charge in [0.05, 0.1) is 10.7 Å². The van der Waals surface area contributed by atoms with Gasteiger partial charge in [0.2, 0.25) is 0 Å². The van der Waals surface area contributed by atoms with Crippen LogP contribution >= 0.6 is 23.8 Å². The van der Waals surface area contributed by atoms with Crippen molar-refractivity contribution in [3.8, 4) is 5.75 Å². The summed E-state index contributed by atoms with van der Waals surface area (Å²) in [7, 11) is 0. The van der Waals surface area contributed by atoms with Crippen LogP contribution in [0.4, 0.5) is 5.69 Å². The standard InChI is InChI=1S/C20H23ClN2O2S/c1-5-12-6-8-13(9-7-12)18(25)23-19(26)22-16-11-14(20(2,3)4)10-15(21)17(16)24/h6-11,24H,5H2,1-4H3,(H2,22,23,25,26). The van der Waals surface area contributed by atoms with Crippen molar-refractivity contribution < 1.29 is 9.90 Å². The number of thiocarbonyl (C=S) groups is 1. The van der Waals surface area contributed by atoms with E-state index in [-0.39, 0.29) is 27.2 Å². The lowest BCUT2D eigenvalue weighted by Crippen LogP contribution is -2.34. The fourth-order valence-corrected chi connectivity index (χ4v) is 2.77. The number of hydrogen-bond acceptors (Lipinski definition) is 3. The summed E-state index contributed by atoms with van der Waals surface area (Å²) in [5, 5.41) is 16.0. The Morgan fingerprint density at radius 3 is 2.35 bits per heavy atom. The number of benzene rings is 2. The maximum Gasteiger partial charge on any atom is 0.257 e. The summed E-state index contributed by atoms with van der Waals surface area (Å²) >= 11 is 11.3. The fraction of sp³-hybridized carbons (Fsp3) is 0.300. The Balaban J connectivity index is 2.14. The van der Waals surface area contributed by atoms with E-state index in [0.29, 0.717) is 11.3 Å². The number of aryl methyl sites for hydroxylation is 1. The van der Waals surface area contributed by atoms with Crippen molar-refractivity contribution in [2.75, 3.05) is 5.32 Å². The van der Waals surface area contributed by atoms with Crippen molar-refractivity contribution in [1.29, 1.82) is 0 Å². The predicted molar refractivity (Wildman–Crippen MR) is 111 cm³/mol. The Morgan fingerprint density at radius 2 is 1.81 bits per heavy atom. The molecule has 4 nitrogen and oxygen atoms in total. The highest BCUT2D eigenvalue weighted by Gasteiger charge is 2.19. The van der Waals surface area contributed by atoms with Gasteiger partial charge < -0.3 is 10.4 Å². The van der Waals surface area contributed by atoms with E-state index in [1.807, 2.05) is 32.9 Å². The first-order valence-corrected chi connectivity index (χ1v) is 9.14. The SMILES string of the molecule is CCc1ccc(C(=O)NC(=S)Nc2cc(C(C)(C)C)cc(Cl)c2O)cc1. The van der Waals surface area contributed by atoms with Gasteiger partial charge in [-0.3, -0.25) is 10.1 Å². The fourth-order valence-electron chi connectivity index (χ4n) is 2.35. The Kier molecular flexibility index (Phi) is 6.26. The molecule has 0 aliphatic rings. The number of carbonyl (C=O) groups is 1. The van der Waals surface area contributed by atoms with Crippen LogP contribution in [0, 0.1) is 0 Å². The number of phenols is 1. The van der Waals surface area contributed by atoms with Crippen LogP contribution in [-0.2, 0) is 11.8 Å². The number of anilines is 1. The van der Waals surface area contributed by atoms with Crippen LogP contribution in [0.25, 0.3) is 0 Å². The monoisotopic (exact) mass is 390 g/mol. The van der Waals surface area contributed by atoms with Crippen LogP contribution in [0.1, 0.15) is 49.2 Å². The zero-order chi connectivity index (χ0) is 19.5. The van der Waals surface area contributed by atoms with Gasteiger partial charge in [-0.1, -0.05) is 51.4 Å². The van der Waals surface area contributed by atoms with Crippen molar-refractivity contribution in [2.45, 2.75) is 39.5 Å². The van der Waals surface area contributed by atoms with Crippen LogP contribution in [0.2, 0.25) is 5.02 Å². The maximum atomic E-state index is 12.3. The second-order valence-corrected chi connectivity index (χ2v) is 7.88. The van der Waals surface area contributed by atoms with Gasteiger partial charge in [-0.15, -0.1) is 0 Å². The molecule has 0 heterocycles. The van der Waals surface area contributed by atoms with Gasteiger partial charge in [0, 0.05) is 5.56 Å². The molecule has 1 amide bonds. The van der Waals surface area contributed by atoms with Crippen LogP contribution in [0.3, 0.4) is 0 Å². The highest BCUT2D eigenvalue weighted by Crippen LogP contribution is 2.37. The summed E-state index contributed by atoms with van der Waals surface area (Å²) in [6, 6.07) is 10.8.